The fourth-order valence-corrected chi connectivity index (χ4v) is 4.15. The molecule has 0 aliphatic carbocycles. The Morgan fingerprint density at radius 2 is 1.71 bits per heavy atom. The molecule has 0 bridgehead atoms. The van der Waals surface area contributed by atoms with Crippen molar-refractivity contribution in [1.82, 2.24) is 15.0 Å². The summed E-state index contributed by atoms with van der Waals surface area (Å²) in [5, 5.41) is 4.21. The highest BCUT2D eigenvalue weighted by atomic mass is 16.5. The lowest BCUT2D eigenvalue weighted by Crippen LogP contribution is -2.28. The number of ether oxygens (including phenoxy) is 3. The summed E-state index contributed by atoms with van der Waals surface area (Å²) in [6.45, 7) is 1.61. The summed E-state index contributed by atoms with van der Waals surface area (Å²) in [6.07, 6.45) is 4.73. The first kappa shape index (κ1) is 21.2. The summed E-state index contributed by atoms with van der Waals surface area (Å²) in [5.41, 5.74) is 2.07. The topological polar surface area (TPSA) is 69.9 Å². The van der Waals surface area contributed by atoms with E-state index >= 15 is 0 Å². The fourth-order valence-electron chi connectivity index (χ4n) is 4.15. The minimum absolute atomic E-state index is 0.319. The van der Waals surface area contributed by atoms with Crippen LogP contribution in [-0.2, 0) is 6.54 Å². The first-order chi connectivity index (χ1) is 15.2. The third kappa shape index (κ3) is 4.82. The van der Waals surface area contributed by atoms with E-state index < -0.39 is 0 Å². The average Bonchev–Trinajstić information content (AvgIpc) is 3.16. The molecule has 4 rings (SSSR count). The van der Waals surface area contributed by atoms with E-state index in [4.69, 9.17) is 18.7 Å². The van der Waals surface area contributed by atoms with Crippen LogP contribution >= 0.6 is 0 Å². The molecule has 164 valence electrons. The maximum Gasteiger partial charge on any atom is 0.241 e. The maximum absolute atomic E-state index is 5.63. The van der Waals surface area contributed by atoms with Gasteiger partial charge in [-0.25, -0.2) is 0 Å². The van der Waals surface area contributed by atoms with Crippen LogP contribution in [0.25, 0.3) is 11.4 Å². The molecule has 0 spiro atoms. The monoisotopic (exact) mass is 423 g/mol. The highest BCUT2D eigenvalue weighted by Gasteiger charge is 2.25. The summed E-state index contributed by atoms with van der Waals surface area (Å²) >= 11 is 0. The zero-order chi connectivity index (χ0) is 21.6. The SMILES string of the molecule is COc1ccc([C@H]2CCCCCN2Cc2nc(-c3ccc(OC)cc3OC)no2)cc1. The third-order valence-electron chi connectivity index (χ3n) is 5.82. The zero-order valence-corrected chi connectivity index (χ0v) is 18.3. The minimum Gasteiger partial charge on any atom is -0.497 e. The van der Waals surface area contributed by atoms with Gasteiger partial charge in [-0.1, -0.05) is 30.1 Å². The van der Waals surface area contributed by atoms with Crippen molar-refractivity contribution in [3.05, 3.63) is 53.9 Å². The van der Waals surface area contributed by atoms with Gasteiger partial charge >= 0.3 is 0 Å². The van der Waals surface area contributed by atoms with Crippen LogP contribution in [0.3, 0.4) is 0 Å². The zero-order valence-electron chi connectivity index (χ0n) is 18.3. The number of hydrogen-bond acceptors (Lipinski definition) is 7. The number of likely N-dealkylation sites (tertiary alicyclic amines) is 1. The van der Waals surface area contributed by atoms with Crippen molar-refractivity contribution in [2.45, 2.75) is 38.3 Å². The van der Waals surface area contributed by atoms with Gasteiger partial charge < -0.3 is 18.7 Å². The third-order valence-corrected chi connectivity index (χ3v) is 5.82. The Labute approximate surface area is 182 Å². The standard InChI is InChI=1S/C24H29N3O4/c1-28-18-10-8-17(9-11-18)21-7-5-4-6-14-27(21)16-23-25-24(26-31-23)20-13-12-19(29-2)15-22(20)30-3/h8-13,15,21H,4-7,14,16H2,1-3H3/t21-/m1/s1. The van der Waals surface area contributed by atoms with Crippen LogP contribution in [0, 0.1) is 0 Å². The molecule has 1 fully saturated rings. The lowest BCUT2D eigenvalue weighted by Gasteiger charge is -2.29. The number of aromatic nitrogens is 2. The number of hydrogen-bond donors (Lipinski definition) is 0. The molecule has 7 heteroatoms. The molecule has 1 saturated heterocycles. The van der Waals surface area contributed by atoms with Gasteiger partial charge in [0, 0.05) is 12.1 Å². The molecule has 7 nitrogen and oxygen atoms in total. The van der Waals surface area contributed by atoms with Gasteiger partial charge in [0.2, 0.25) is 11.7 Å². The number of rotatable bonds is 7. The van der Waals surface area contributed by atoms with Crippen molar-refractivity contribution in [1.29, 1.82) is 0 Å². The number of nitrogens with zero attached hydrogens (tertiary/aromatic N) is 3. The highest BCUT2D eigenvalue weighted by molar-refractivity contribution is 5.65. The smallest absolute Gasteiger partial charge is 0.241 e. The average molecular weight is 424 g/mol. The van der Waals surface area contributed by atoms with Crippen LogP contribution in [0.2, 0.25) is 0 Å². The highest BCUT2D eigenvalue weighted by Crippen LogP contribution is 2.34. The molecule has 1 aromatic heterocycles. The first-order valence-corrected chi connectivity index (χ1v) is 10.6. The van der Waals surface area contributed by atoms with Crippen molar-refractivity contribution >= 4 is 0 Å². The molecule has 1 aliphatic heterocycles. The van der Waals surface area contributed by atoms with E-state index in [2.05, 4.69) is 27.2 Å². The summed E-state index contributed by atoms with van der Waals surface area (Å²) in [4.78, 5) is 7.11. The van der Waals surface area contributed by atoms with Gasteiger partial charge in [-0.2, -0.15) is 4.98 Å². The first-order valence-electron chi connectivity index (χ1n) is 10.6. The van der Waals surface area contributed by atoms with Gasteiger partial charge in [0.1, 0.15) is 17.2 Å². The second-order valence-electron chi connectivity index (χ2n) is 7.69. The van der Waals surface area contributed by atoms with E-state index in [1.54, 1.807) is 21.3 Å². The lowest BCUT2D eigenvalue weighted by atomic mass is 10.0. The van der Waals surface area contributed by atoms with E-state index in [1.807, 2.05) is 30.3 Å². The van der Waals surface area contributed by atoms with Crippen LogP contribution in [0.1, 0.15) is 43.2 Å². The molecule has 1 aliphatic rings. The van der Waals surface area contributed by atoms with Gasteiger partial charge in [0.15, 0.2) is 0 Å². The van der Waals surface area contributed by atoms with Crippen LogP contribution < -0.4 is 14.2 Å². The van der Waals surface area contributed by atoms with Crippen molar-refractivity contribution in [3.8, 4) is 28.6 Å². The fraction of sp³-hybridized carbons (Fsp3) is 0.417. The van der Waals surface area contributed by atoms with Crippen molar-refractivity contribution in [2.24, 2.45) is 0 Å². The van der Waals surface area contributed by atoms with Gasteiger partial charge in [0.25, 0.3) is 0 Å². The largest absolute Gasteiger partial charge is 0.497 e. The van der Waals surface area contributed by atoms with Crippen molar-refractivity contribution < 1.29 is 18.7 Å². The minimum atomic E-state index is 0.319. The van der Waals surface area contributed by atoms with Gasteiger partial charge in [-0.15, -0.1) is 0 Å². The predicted molar refractivity (Wildman–Crippen MR) is 117 cm³/mol. The molecular weight excluding hydrogens is 394 g/mol. The second-order valence-corrected chi connectivity index (χ2v) is 7.69. The second kappa shape index (κ2) is 9.83. The number of methoxy groups -OCH3 is 3. The Kier molecular flexibility index (Phi) is 6.72. The normalized spacial score (nSPS) is 17.2. The number of benzene rings is 2. The van der Waals surface area contributed by atoms with E-state index in [1.165, 1.54) is 24.8 Å². The molecule has 0 N–H and O–H groups in total. The lowest BCUT2D eigenvalue weighted by molar-refractivity contribution is 0.168. The van der Waals surface area contributed by atoms with Crippen LogP contribution in [0.15, 0.2) is 47.0 Å². The molecule has 0 amide bonds. The summed E-state index contributed by atoms with van der Waals surface area (Å²) in [5.74, 6) is 3.37. The molecule has 3 aromatic rings. The summed E-state index contributed by atoms with van der Waals surface area (Å²) in [6, 6.07) is 14.3. The Morgan fingerprint density at radius 1 is 0.935 bits per heavy atom. The van der Waals surface area contributed by atoms with Crippen LogP contribution in [-0.4, -0.2) is 42.9 Å². The van der Waals surface area contributed by atoms with Crippen LogP contribution in [0.4, 0.5) is 0 Å². The molecule has 0 radical (unpaired) electrons. The predicted octanol–water partition coefficient (Wildman–Crippen LogP) is 4.88. The Hall–Kier alpha value is -3.06. The Morgan fingerprint density at radius 3 is 2.45 bits per heavy atom. The van der Waals surface area contributed by atoms with Gasteiger partial charge in [0.05, 0.1) is 33.4 Å². The van der Waals surface area contributed by atoms with Gasteiger partial charge in [-0.05, 0) is 49.2 Å². The van der Waals surface area contributed by atoms with Crippen molar-refractivity contribution in [2.75, 3.05) is 27.9 Å². The molecule has 0 saturated carbocycles. The summed E-state index contributed by atoms with van der Waals surface area (Å²) in [7, 11) is 4.94. The molecule has 1 atom stereocenters. The van der Waals surface area contributed by atoms with E-state index in [0.29, 0.717) is 30.1 Å². The molecule has 0 unspecified atom stereocenters. The molecule has 31 heavy (non-hydrogen) atoms. The van der Waals surface area contributed by atoms with Crippen LogP contribution in [0.5, 0.6) is 17.2 Å². The quantitative estimate of drug-likeness (QED) is 0.536. The maximum atomic E-state index is 5.63. The molecule has 2 aromatic carbocycles. The van der Waals surface area contributed by atoms with Gasteiger partial charge in [-0.3, -0.25) is 4.90 Å². The Balaban J connectivity index is 1.55. The summed E-state index contributed by atoms with van der Waals surface area (Å²) < 4.78 is 21.7. The van der Waals surface area contributed by atoms with E-state index in [9.17, 15) is 0 Å². The van der Waals surface area contributed by atoms with E-state index in [-0.39, 0.29) is 0 Å². The van der Waals surface area contributed by atoms with E-state index in [0.717, 1.165) is 30.0 Å². The van der Waals surface area contributed by atoms with Crippen molar-refractivity contribution in [3.63, 3.8) is 0 Å². The molecule has 2 heterocycles. The Bertz CT molecular complexity index is 987. The molecular formula is C24H29N3O4.